The standard InChI is InChI=1S/C13H18FNO/c1-8-6-10(7-9(2)12(8)14)13(16)11-4-3-5-15-11/h6-7,11,13,15-16H,3-5H2,1-2H3. The number of halogens is 1. The molecule has 0 saturated carbocycles. The minimum Gasteiger partial charge on any atom is -0.387 e. The second-order valence-electron chi connectivity index (χ2n) is 4.62. The van der Waals surface area contributed by atoms with Gasteiger partial charge in [-0.1, -0.05) is 12.1 Å². The van der Waals surface area contributed by atoms with Crippen molar-refractivity contribution in [2.45, 2.75) is 38.8 Å². The lowest BCUT2D eigenvalue weighted by Gasteiger charge is -2.19. The van der Waals surface area contributed by atoms with Crippen LogP contribution in [0.3, 0.4) is 0 Å². The van der Waals surface area contributed by atoms with E-state index in [0.29, 0.717) is 11.1 Å². The van der Waals surface area contributed by atoms with E-state index in [1.807, 2.05) is 0 Å². The molecule has 2 N–H and O–H groups in total. The highest BCUT2D eigenvalue weighted by Crippen LogP contribution is 2.25. The molecule has 3 heteroatoms. The molecule has 2 nitrogen and oxygen atoms in total. The summed E-state index contributed by atoms with van der Waals surface area (Å²) < 4.78 is 13.5. The summed E-state index contributed by atoms with van der Waals surface area (Å²) in [4.78, 5) is 0. The van der Waals surface area contributed by atoms with Crippen molar-refractivity contribution in [2.75, 3.05) is 6.54 Å². The van der Waals surface area contributed by atoms with Gasteiger partial charge in [0, 0.05) is 6.04 Å². The number of aliphatic hydroxyl groups is 1. The Bertz CT molecular complexity index is 363. The molecule has 0 aliphatic carbocycles. The largest absolute Gasteiger partial charge is 0.387 e. The highest BCUT2D eigenvalue weighted by Gasteiger charge is 2.24. The van der Waals surface area contributed by atoms with Gasteiger partial charge in [0.15, 0.2) is 0 Å². The van der Waals surface area contributed by atoms with Crippen LogP contribution in [0, 0.1) is 19.7 Å². The molecule has 1 heterocycles. The maximum absolute atomic E-state index is 13.5. The van der Waals surface area contributed by atoms with Gasteiger partial charge in [0.1, 0.15) is 5.82 Å². The van der Waals surface area contributed by atoms with Gasteiger partial charge in [0.05, 0.1) is 6.10 Å². The molecule has 16 heavy (non-hydrogen) atoms. The van der Waals surface area contributed by atoms with Crippen molar-refractivity contribution in [2.24, 2.45) is 0 Å². The van der Waals surface area contributed by atoms with Crippen molar-refractivity contribution in [1.29, 1.82) is 0 Å². The third-order valence-corrected chi connectivity index (χ3v) is 3.28. The van der Waals surface area contributed by atoms with Crippen LogP contribution in [-0.2, 0) is 0 Å². The van der Waals surface area contributed by atoms with Crippen LogP contribution in [0.25, 0.3) is 0 Å². The first-order chi connectivity index (χ1) is 7.59. The Balaban J connectivity index is 2.26. The van der Waals surface area contributed by atoms with E-state index >= 15 is 0 Å². The van der Waals surface area contributed by atoms with Gasteiger partial charge < -0.3 is 10.4 Å². The molecule has 2 atom stereocenters. The summed E-state index contributed by atoms with van der Waals surface area (Å²) in [5.74, 6) is -0.171. The van der Waals surface area contributed by atoms with E-state index in [4.69, 9.17) is 0 Å². The number of hydrogen-bond donors (Lipinski definition) is 2. The number of benzene rings is 1. The number of rotatable bonds is 2. The quantitative estimate of drug-likeness (QED) is 0.805. The molecule has 2 rings (SSSR count). The van der Waals surface area contributed by atoms with Crippen molar-refractivity contribution in [1.82, 2.24) is 5.32 Å². The maximum atomic E-state index is 13.5. The van der Waals surface area contributed by atoms with Gasteiger partial charge in [-0.3, -0.25) is 0 Å². The fraction of sp³-hybridized carbons (Fsp3) is 0.538. The normalized spacial score (nSPS) is 22.4. The van der Waals surface area contributed by atoms with Gasteiger partial charge in [-0.15, -0.1) is 0 Å². The zero-order chi connectivity index (χ0) is 11.7. The predicted octanol–water partition coefficient (Wildman–Crippen LogP) is 2.23. The van der Waals surface area contributed by atoms with Gasteiger partial charge in [0.25, 0.3) is 0 Å². The van der Waals surface area contributed by atoms with Gasteiger partial charge in [0.2, 0.25) is 0 Å². The molecule has 1 saturated heterocycles. The number of hydrogen-bond acceptors (Lipinski definition) is 2. The molecular weight excluding hydrogens is 205 g/mol. The Labute approximate surface area is 95.5 Å². The molecular formula is C13H18FNO. The summed E-state index contributed by atoms with van der Waals surface area (Å²) in [5, 5.41) is 13.4. The number of aliphatic hydroxyl groups excluding tert-OH is 1. The monoisotopic (exact) mass is 223 g/mol. The summed E-state index contributed by atoms with van der Waals surface area (Å²) in [5.41, 5.74) is 2.02. The first-order valence-corrected chi connectivity index (χ1v) is 5.77. The Morgan fingerprint density at radius 1 is 1.38 bits per heavy atom. The molecule has 1 aliphatic rings. The van der Waals surface area contributed by atoms with E-state index in [-0.39, 0.29) is 11.9 Å². The Morgan fingerprint density at radius 3 is 2.50 bits per heavy atom. The SMILES string of the molecule is Cc1cc(C(O)C2CCCN2)cc(C)c1F. The summed E-state index contributed by atoms with van der Waals surface area (Å²) >= 11 is 0. The molecule has 0 aromatic heterocycles. The molecule has 1 aliphatic heterocycles. The van der Waals surface area contributed by atoms with Gasteiger partial charge in [-0.2, -0.15) is 0 Å². The van der Waals surface area contributed by atoms with Crippen molar-refractivity contribution in [3.63, 3.8) is 0 Å². The number of aryl methyl sites for hydroxylation is 2. The Morgan fingerprint density at radius 2 is 2.00 bits per heavy atom. The van der Waals surface area contributed by atoms with Crippen LogP contribution in [0.2, 0.25) is 0 Å². The van der Waals surface area contributed by atoms with E-state index in [1.54, 1.807) is 26.0 Å². The first-order valence-electron chi connectivity index (χ1n) is 5.77. The summed E-state index contributed by atoms with van der Waals surface area (Å²) in [7, 11) is 0. The van der Waals surface area contributed by atoms with Gasteiger partial charge >= 0.3 is 0 Å². The van der Waals surface area contributed by atoms with E-state index in [2.05, 4.69) is 5.32 Å². The molecule has 1 aromatic carbocycles. The average Bonchev–Trinajstić information content (AvgIpc) is 2.77. The summed E-state index contributed by atoms with van der Waals surface area (Å²) in [6.45, 7) is 4.43. The smallest absolute Gasteiger partial charge is 0.129 e. The van der Waals surface area contributed by atoms with Crippen LogP contribution in [-0.4, -0.2) is 17.7 Å². The van der Waals surface area contributed by atoms with Crippen LogP contribution in [0.1, 0.15) is 35.6 Å². The second-order valence-corrected chi connectivity index (χ2v) is 4.62. The van der Waals surface area contributed by atoms with Crippen LogP contribution in [0.4, 0.5) is 4.39 Å². The van der Waals surface area contributed by atoms with E-state index < -0.39 is 6.10 Å². The maximum Gasteiger partial charge on any atom is 0.129 e. The van der Waals surface area contributed by atoms with Gasteiger partial charge in [-0.25, -0.2) is 4.39 Å². The predicted molar refractivity (Wildman–Crippen MR) is 61.9 cm³/mol. The fourth-order valence-electron chi connectivity index (χ4n) is 2.36. The molecule has 1 aromatic rings. The highest BCUT2D eigenvalue weighted by molar-refractivity contribution is 5.32. The van der Waals surface area contributed by atoms with Crippen molar-refractivity contribution >= 4 is 0 Å². The minimum absolute atomic E-state index is 0.115. The lowest BCUT2D eigenvalue weighted by Crippen LogP contribution is -2.28. The summed E-state index contributed by atoms with van der Waals surface area (Å²) in [6, 6.07) is 3.60. The van der Waals surface area contributed by atoms with E-state index in [9.17, 15) is 9.50 Å². The zero-order valence-corrected chi connectivity index (χ0v) is 9.76. The molecule has 1 fully saturated rings. The molecule has 0 amide bonds. The highest BCUT2D eigenvalue weighted by atomic mass is 19.1. The van der Waals surface area contributed by atoms with E-state index in [0.717, 1.165) is 24.9 Å². The lowest BCUT2D eigenvalue weighted by molar-refractivity contribution is 0.137. The lowest BCUT2D eigenvalue weighted by atomic mass is 9.97. The molecule has 0 spiro atoms. The zero-order valence-electron chi connectivity index (χ0n) is 9.76. The van der Waals surface area contributed by atoms with Crippen LogP contribution < -0.4 is 5.32 Å². The Hall–Kier alpha value is -0.930. The summed E-state index contributed by atoms with van der Waals surface area (Å²) in [6.07, 6.45) is 1.55. The van der Waals surface area contributed by atoms with Gasteiger partial charge in [-0.05, 0) is 49.9 Å². The van der Waals surface area contributed by atoms with Crippen LogP contribution >= 0.6 is 0 Å². The molecule has 0 bridgehead atoms. The Kier molecular flexibility index (Phi) is 3.26. The molecule has 0 radical (unpaired) electrons. The third kappa shape index (κ3) is 2.11. The minimum atomic E-state index is -0.527. The topological polar surface area (TPSA) is 32.3 Å². The number of nitrogens with one attached hydrogen (secondary N) is 1. The third-order valence-electron chi connectivity index (χ3n) is 3.28. The van der Waals surface area contributed by atoms with Crippen LogP contribution in [0.15, 0.2) is 12.1 Å². The fourth-order valence-corrected chi connectivity index (χ4v) is 2.36. The first kappa shape index (κ1) is 11.6. The molecule has 2 unspecified atom stereocenters. The van der Waals surface area contributed by atoms with Crippen molar-refractivity contribution < 1.29 is 9.50 Å². The molecule has 88 valence electrons. The average molecular weight is 223 g/mol. The van der Waals surface area contributed by atoms with Crippen molar-refractivity contribution in [3.8, 4) is 0 Å². The van der Waals surface area contributed by atoms with Crippen molar-refractivity contribution in [3.05, 3.63) is 34.6 Å². The van der Waals surface area contributed by atoms with E-state index in [1.165, 1.54) is 0 Å². The van der Waals surface area contributed by atoms with Crippen LogP contribution in [0.5, 0.6) is 0 Å². The second kappa shape index (κ2) is 4.52.